The van der Waals surface area contributed by atoms with Crippen molar-refractivity contribution in [3.8, 4) is 0 Å². The monoisotopic (exact) mass is 288 g/mol. The second-order valence-corrected chi connectivity index (χ2v) is 4.42. The van der Waals surface area contributed by atoms with E-state index in [0.717, 1.165) is 5.56 Å². The van der Waals surface area contributed by atoms with Crippen LogP contribution in [0.4, 0.5) is 8.78 Å². The topological polar surface area (TPSA) is 37.3 Å². The minimum atomic E-state index is -3.83. The second kappa shape index (κ2) is 3.66. The summed E-state index contributed by atoms with van der Waals surface area (Å²) in [6.07, 6.45) is 1.62. The maximum absolute atomic E-state index is 13.4. The van der Waals surface area contributed by atoms with Crippen LogP contribution >= 0.6 is 15.9 Å². The molecule has 0 amide bonds. The summed E-state index contributed by atoms with van der Waals surface area (Å²) in [7, 11) is 0. The zero-order valence-corrected chi connectivity index (χ0v) is 9.59. The number of hydrogen-bond acceptors (Lipinski definition) is 1. The fraction of sp³-hybridized carbons (Fsp3) is 0.182. The Morgan fingerprint density at radius 3 is 2.75 bits per heavy atom. The number of hydrogen-bond donors (Lipinski definition) is 1. The van der Waals surface area contributed by atoms with Gasteiger partial charge in [-0.15, -0.1) is 0 Å². The van der Waals surface area contributed by atoms with E-state index in [1.54, 1.807) is 12.1 Å². The Kier molecular flexibility index (Phi) is 2.58. The third-order valence-corrected chi connectivity index (χ3v) is 2.99. The lowest BCUT2D eigenvalue weighted by Gasteiger charge is -2.14. The summed E-state index contributed by atoms with van der Waals surface area (Å²) in [6, 6.07) is 4.97. The first-order valence-corrected chi connectivity index (χ1v) is 5.33. The Morgan fingerprint density at radius 1 is 1.44 bits per heavy atom. The first kappa shape index (κ1) is 11.3. The number of fused-ring (bicyclic) bond motifs is 1. The normalized spacial score (nSPS) is 14.6. The Hall–Kier alpha value is -1.23. The first-order valence-electron chi connectivity index (χ1n) is 4.53. The van der Waals surface area contributed by atoms with E-state index in [0.29, 0.717) is 16.5 Å². The Morgan fingerprint density at radius 2 is 2.12 bits per heavy atom. The van der Waals surface area contributed by atoms with Crippen molar-refractivity contribution in [3.63, 3.8) is 0 Å². The van der Waals surface area contributed by atoms with Gasteiger partial charge in [-0.2, -0.15) is 8.78 Å². The van der Waals surface area contributed by atoms with Gasteiger partial charge in [-0.25, -0.2) is 4.79 Å². The summed E-state index contributed by atoms with van der Waals surface area (Å²) in [4.78, 5) is 10.5. The minimum absolute atomic E-state index is 0.307. The highest BCUT2D eigenvalue weighted by molar-refractivity contribution is 9.10. The number of allylic oxidation sites excluding steroid dienone is 1. The van der Waals surface area contributed by atoms with Crippen LogP contribution in [0, 0.1) is 0 Å². The minimum Gasteiger partial charge on any atom is -0.477 e. The van der Waals surface area contributed by atoms with Crippen LogP contribution in [0.1, 0.15) is 11.1 Å². The number of benzene rings is 1. The molecule has 1 aromatic rings. The number of aliphatic carboxylic acids is 1. The third kappa shape index (κ3) is 1.65. The van der Waals surface area contributed by atoms with Gasteiger partial charge in [-0.1, -0.05) is 28.1 Å². The van der Waals surface area contributed by atoms with E-state index in [-0.39, 0.29) is 0 Å². The van der Waals surface area contributed by atoms with Crippen LogP contribution in [0.5, 0.6) is 0 Å². The molecular formula is C11H7BrF2O2. The fourth-order valence-electron chi connectivity index (χ4n) is 1.71. The molecule has 1 aliphatic carbocycles. The molecule has 0 saturated heterocycles. The van der Waals surface area contributed by atoms with Gasteiger partial charge in [0.2, 0.25) is 0 Å². The number of halogens is 3. The summed E-state index contributed by atoms with van der Waals surface area (Å²) in [6.45, 7) is 0. The highest BCUT2D eigenvalue weighted by Crippen LogP contribution is 2.40. The molecule has 16 heavy (non-hydrogen) atoms. The molecule has 2 rings (SSSR count). The summed E-state index contributed by atoms with van der Waals surface area (Å²) < 4.78 is 27.4. The van der Waals surface area contributed by atoms with E-state index < -0.39 is 17.5 Å². The summed E-state index contributed by atoms with van der Waals surface area (Å²) >= 11 is 3.18. The lowest BCUT2D eigenvalue weighted by atomic mass is 10.0. The van der Waals surface area contributed by atoms with Crippen LogP contribution in [0.25, 0.3) is 5.57 Å². The average Bonchev–Trinajstić information content (AvgIpc) is 2.60. The van der Waals surface area contributed by atoms with Crippen molar-refractivity contribution < 1.29 is 18.7 Å². The van der Waals surface area contributed by atoms with Crippen molar-refractivity contribution >= 4 is 27.5 Å². The predicted octanol–water partition coefficient (Wildman–Crippen LogP) is 3.11. The molecule has 0 bridgehead atoms. The fourth-order valence-corrected chi connectivity index (χ4v) is 2.07. The van der Waals surface area contributed by atoms with Crippen molar-refractivity contribution in [1.82, 2.24) is 0 Å². The molecule has 0 radical (unpaired) electrons. The van der Waals surface area contributed by atoms with Crippen LogP contribution in [0.15, 0.2) is 28.7 Å². The molecule has 1 aromatic carbocycles. The maximum Gasteiger partial charge on any atom is 0.379 e. The van der Waals surface area contributed by atoms with E-state index in [1.165, 1.54) is 12.1 Å². The average molecular weight is 289 g/mol. The first-order chi connectivity index (χ1) is 7.43. The van der Waals surface area contributed by atoms with Crippen LogP contribution in [0.3, 0.4) is 0 Å². The number of carboxylic acid groups (broad SMARTS) is 1. The van der Waals surface area contributed by atoms with E-state index in [2.05, 4.69) is 15.9 Å². The SMILES string of the molecule is O=C(O)C(F)(F)C1=CCc2ccc(Br)cc21. The third-order valence-electron chi connectivity index (χ3n) is 2.50. The van der Waals surface area contributed by atoms with Crippen molar-refractivity contribution in [2.24, 2.45) is 0 Å². The van der Waals surface area contributed by atoms with Gasteiger partial charge in [0.15, 0.2) is 0 Å². The molecule has 0 aromatic heterocycles. The lowest BCUT2D eigenvalue weighted by Crippen LogP contribution is -2.29. The molecule has 0 heterocycles. The smallest absolute Gasteiger partial charge is 0.379 e. The largest absolute Gasteiger partial charge is 0.477 e. The molecule has 84 valence electrons. The van der Waals surface area contributed by atoms with E-state index in [4.69, 9.17) is 5.11 Å². The molecule has 2 nitrogen and oxygen atoms in total. The summed E-state index contributed by atoms with van der Waals surface area (Å²) in [5.74, 6) is -5.95. The van der Waals surface area contributed by atoms with Gasteiger partial charge in [0.1, 0.15) is 0 Å². The van der Waals surface area contributed by atoms with Gasteiger partial charge in [0.05, 0.1) is 0 Å². The van der Waals surface area contributed by atoms with Gasteiger partial charge in [0, 0.05) is 10.0 Å². The predicted molar refractivity (Wildman–Crippen MR) is 58.4 cm³/mol. The number of carboxylic acids is 1. The zero-order chi connectivity index (χ0) is 11.9. The van der Waals surface area contributed by atoms with Crippen LogP contribution in [-0.4, -0.2) is 17.0 Å². The van der Waals surface area contributed by atoms with Crippen molar-refractivity contribution in [3.05, 3.63) is 39.9 Å². The van der Waals surface area contributed by atoms with Gasteiger partial charge in [-0.3, -0.25) is 0 Å². The maximum atomic E-state index is 13.4. The standard InChI is InChI=1S/C11H7BrF2O2/c12-7-3-1-6-2-4-9(8(6)5-7)11(13,14)10(15)16/h1,3-5H,2H2,(H,15,16). The molecule has 1 N–H and O–H groups in total. The van der Waals surface area contributed by atoms with Crippen LogP contribution in [-0.2, 0) is 11.2 Å². The quantitative estimate of drug-likeness (QED) is 0.908. The zero-order valence-electron chi connectivity index (χ0n) is 8.01. The molecule has 0 atom stereocenters. The van der Waals surface area contributed by atoms with Crippen molar-refractivity contribution in [1.29, 1.82) is 0 Å². The molecular weight excluding hydrogens is 282 g/mol. The number of carbonyl (C=O) groups is 1. The van der Waals surface area contributed by atoms with Gasteiger partial charge >= 0.3 is 11.9 Å². The Labute approximate surface area is 98.7 Å². The molecule has 0 unspecified atom stereocenters. The second-order valence-electron chi connectivity index (χ2n) is 3.50. The lowest BCUT2D eigenvalue weighted by molar-refractivity contribution is -0.156. The van der Waals surface area contributed by atoms with E-state index >= 15 is 0 Å². The van der Waals surface area contributed by atoms with E-state index in [1.807, 2.05) is 0 Å². The van der Waals surface area contributed by atoms with Crippen molar-refractivity contribution in [2.45, 2.75) is 12.3 Å². The Bertz CT molecular complexity index is 495. The summed E-state index contributed by atoms with van der Waals surface area (Å²) in [5.41, 5.74) is 0.609. The molecule has 0 saturated carbocycles. The van der Waals surface area contributed by atoms with Gasteiger partial charge in [-0.05, 0) is 29.7 Å². The van der Waals surface area contributed by atoms with Gasteiger partial charge in [0.25, 0.3) is 0 Å². The Balaban J connectivity index is 2.50. The van der Waals surface area contributed by atoms with E-state index in [9.17, 15) is 13.6 Å². The molecule has 5 heteroatoms. The molecule has 0 spiro atoms. The highest BCUT2D eigenvalue weighted by Gasteiger charge is 2.45. The summed E-state index contributed by atoms with van der Waals surface area (Å²) in [5, 5.41) is 8.49. The number of rotatable bonds is 2. The molecule has 0 aliphatic heterocycles. The van der Waals surface area contributed by atoms with Crippen LogP contribution < -0.4 is 0 Å². The molecule has 1 aliphatic rings. The highest BCUT2D eigenvalue weighted by atomic mass is 79.9. The van der Waals surface area contributed by atoms with Crippen LogP contribution in [0.2, 0.25) is 0 Å². The van der Waals surface area contributed by atoms with Gasteiger partial charge < -0.3 is 5.11 Å². The molecule has 0 fully saturated rings. The van der Waals surface area contributed by atoms with Crippen molar-refractivity contribution in [2.75, 3.05) is 0 Å². The number of alkyl halides is 2.